The first-order valence-corrected chi connectivity index (χ1v) is 17.8. The first kappa shape index (κ1) is 42.9. The normalized spacial score (nSPS) is 30.9. The Hall–Kier alpha value is -3.11. The zero-order valence-corrected chi connectivity index (χ0v) is 30.2. The first-order valence-electron chi connectivity index (χ1n) is 16.9. The number of terminal acetylenes is 2. The molecule has 0 radical (unpaired) electrons. The Balaban J connectivity index is 0.00000182. The van der Waals surface area contributed by atoms with Gasteiger partial charge in [0.05, 0.1) is 6.10 Å². The van der Waals surface area contributed by atoms with E-state index in [-0.39, 0.29) is 71.0 Å². The van der Waals surface area contributed by atoms with E-state index in [0.717, 1.165) is 56.1 Å². The third-order valence-corrected chi connectivity index (χ3v) is 11.4. The van der Waals surface area contributed by atoms with Crippen molar-refractivity contribution in [3.8, 4) is 25.7 Å². The fourth-order valence-electron chi connectivity index (χ4n) is 9.00. The van der Waals surface area contributed by atoms with E-state index < -0.39 is 6.10 Å². The maximum atomic E-state index is 13.4. The molecule has 3 saturated carbocycles. The monoisotopic (exact) mass is 683 g/mol. The van der Waals surface area contributed by atoms with Crippen LogP contribution in [0.3, 0.4) is 0 Å². The summed E-state index contributed by atoms with van der Waals surface area (Å²) in [7, 11) is 1.73. The summed E-state index contributed by atoms with van der Waals surface area (Å²) in [5.41, 5.74) is 0.448. The molecule has 4 aliphatic rings. The van der Waals surface area contributed by atoms with Gasteiger partial charge < -0.3 is 19.3 Å². The molecule has 0 aromatic heterocycles. The van der Waals surface area contributed by atoms with Gasteiger partial charge in [0.25, 0.3) is 0 Å². The van der Waals surface area contributed by atoms with Gasteiger partial charge in [-0.2, -0.15) is 0 Å². The quantitative estimate of drug-likeness (QED) is 0.0738. The number of carbonyl (C=O) groups is 4. The van der Waals surface area contributed by atoms with Crippen LogP contribution >= 0.6 is 12.0 Å². The van der Waals surface area contributed by atoms with E-state index in [1.807, 2.05) is 6.08 Å². The molecular formula is C39H57NO7S. The number of hydrogen-bond acceptors (Lipinski definition) is 8. The summed E-state index contributed by atoms with van der Waals surface area (Å²) < 4.78 is 14.2. The lowest BCUT2D eigenvalue weighted by Gasteiger charge is -2.60. The van der Waals surface area contributed by atoms with Gasteiger partial charge in [0, 0.05) is 49.4 Å². The number of aliphatic hydroxyl groups is 1. The minimum absolute atomic E-state index is 0.0223. The smallest absolute Gasteiger partial charge is 0.306 e. The lowest BCUT2D eigenvalue weighted by molar-refractivity contribution is -0.154. The molecule has 0 aliphatic heterocycles. The molecule has 0 aromatic carbocycles. The minimum atomic E-state index is -0.568. The highest BCUT2D eigenvalue weighted by Crippen LogP contribution is 2.66. The Morgan fingerprint density at radius 2 is 1.69 bits per heavy atom. The predicted molar refractivity (Wildman–Crippen MR) is 193 cm³/mol. The molecule has 4 rings (SSSR count). The molecule has 0 heterocycles. The molecule has 0 aromatic rings. The van der Waals surface area contributed by atoms with Crippen LogP contribution in [0.1, 0.15) is 85.0 Å². The van der Waals surface area contributed by atoms with Crippen LogP contribution in [-0.2, 0) is 23.9 Å². The van der Waals surface area contributed by atoms with Crippen molar-refractivity contribution in [3.05, 3.63) is 37.0 Å². The average molecular weight is 684 g/mol. The van der Waals surface area contributed by atoms with Crippen molar-refractivity contribution in [3.63, 3.8) is 0 Å². The first-order chi connectivity index (χ1) is 22.9. The number of allylic oxidation sites excluding steroid dienone is 4. The zero-order chi connectivity index (χ0) is 36.7. The van der Waals surface area contributed by atoms with Crippen molar-refractivity contribution >= 4 is 35.5 Å². The number of ether oxygens (including phenoxy) is 1. The van der Waals surface area contributed by atoms with Crippen LogP contribution in [0.4, 0.5) is 0 Å². The van der Waals surface area contributed by atoms with Crippen molar-refractivity contribution in [1.82, 2.24) is 4.90 Å². The third kappa shape index (κ3) is 9.97. The molecule has 4 aliphatic carbocycles. The van der Waals surface area contributed by atoms with Crippen LogP contribution in [0.2, 0.25) is 0 Å². The molecule has 9 heteroatoms. The van der Waals surface area contributed by atoms with E-state index in [4.69, 9.17) is 9.29 Å². The Labute approximate surface area is 293 Å². The summed E-state index contributed by atoms with van der Waals surface area (Å²) in [5.74, 6) is 0.780. The van der Waals surface area contributed by atoms with Gasteiger partial charge >= 0.3 is 5.97 Å². The highest BCUT2D eigenvalue weighted by molar-refractivity contribution is 7.93. The molecule has 3 unspecified atom stereocenters. The van der Waals surface area contributed by atoms with Crippen molar-refractivity contribution in [2.45, 2.75) is 91.1 Å². The van der Waals surface area contributed by atoms with Crippen molar-refractivity contribution in [2.24, 2.45) is 40.4 Å². The van der Waals surface area contributed by atoms with E-state index in [0.29, 0.717) is 37.5 Å². The molecule has 0 spiro atoms. The van der Waals surface area contributed by atoms with Crippen LogP contribution in [-0.4, -0.2) is 70.1 Å². The Bertz CT molecular complexity index is 1200. The second kappa shape index (κ2) is 20.4. The molecule has 8 nitrogen and oxygen atoms in total. The van der Waals surface area contributed by atoms with Crippen LogP contribution in [0, 0.1) is 66.1 Å². The van der Waals surface area contributed by atoms with Crippen molar-refractivity contribution in [1.29, 1.82) is 0 Å². The average Bonchev–Trinajstić information content (AvgIpc) is 3.43. The van der Waals surface area contributed by atoms with Crippen LogP contribution in [0.15, 0.2) is 37.0 Å². The number of carbonyl (C=O) groups excluding carboxylic acids is 4. The zero-order valence-electron chi connectivity index (χ0n) is 29.4. The van der Waals surface area contributed by atoms with E-state index >= 15 is 0 Å². The molecule has 8 atom stereocenters. The standard InChI is InChI=1S/C33H49NO7S.C2H4.2C2H2/c1-21-17-23-24-11-12-25(33(24,3)19-27(36)31(23)32(2)14-13-22(35)18-26(21)32)28(37)20-41-30(39)10-8-6-5-7-9-29(38)34(4)15-16-42-40;3*1-2/h13-14,18,21,23-25,27,31,36,40H,5-12,15-17,19-20H2,1-4H3;1-2H2;2*1-2H/t21-,23-,24?,25?,27-,31?,32-,33-;;;/m0.../s1. The SMILES string of the molecule is C#C.C#C.C=C.C[C@H]1C[C@H]2C3CCC(C(=O)COC(=O)CCCCCCC(=O)N(C)CCSO)[C@@]3(C)C[C@H](O)C2[C@@]2(C)C=CC(=O)C=C12. The number of unbranched alkanes of at least 4 members (excludes halogenated alkanes) is 3. The van der Waals surface area contributed by atoms with Crippen molar-refractivity contribution in [2.75, 3.05) is 26.0 Å². The lowest BCUT2D eigenvalue weighted by Crippen LogP contribution is -2.57. The number of ketones is 2. The van der Waals surface area contributed by atoms with Crippen LogP contribution in [0.25, 0.3) is 0 Å². The fourth-order valence-corrected chi connectivity index (χ4v) is 9.35. The van der Waals surface area contributed by atoms with Gasteiger partial charge in [0.1, 0.15) is 6.61 Å². The van der Waals surface area contributed by atoms with Gasteiger partial charge in [-0.15, -0.1) is 38.9 Å². The third-order valence-electron chi connectivity index (χ3n) is 11.0. The van der Waals surface area contributed by atoms with E-state index in [1.54, 1.807) is 24.1 Å². The van der Waals surface area contributed by atoms with E-state index in [1.165, 1.54) is 0 Å². The lowest BCUT2D eigenvalue weighted by atomic mass is 9.45. The summed E-state index contributed by atoms with van der Waals surface area (Å²) in [4.78, 5) is 51.6. The molecule has 3 fully saturated rings. The number of nitrogens with zero attached hydrogens (tertiary/aromatic N) is 1. The van der Waals surface area contributed by atoms with Crippen LogP contribution < -0.4 is 0 Å². The second-order valence-electron chi connectivity index (χ2n) is 13.6. The molecule has 1 amide bonds. The largest absolute Gasteiger partial charge is 0.458 e. The topological polar surface area (TPSA) is 121 Å². The molecule has 266 valence electrons. The summed E-state index contributed by atoms with van der Waals surface area (Å²) in [6, 6.07) is 0. The summed E-state index contributed by atoms with van der Waals surface area (Å²) in [6.07, 6.45) is 27.8. The van der Waals surface area contributed by atoms with Crippen LogP contribution in [0.5, 0.6) is 0 Å². The molecule has 0 saturated heterocycles. The fraction of sp³-hybridized carbons (Fsp3) is 0.641. The van der Waals surface area contributed by atoms with Gasteiger partial charge in [-0.05, 0) is 85.9 Å². The maximum absolute atomic E-state index is 13.4. The molecule has 48 heavy (non-hydrogen) atoms. The maximum Gasteiger partial charge on any atom is 0.306 e. The number of amides is 1. The number of Topliss-reactive ketones (excluding diaryl/α,β-unsaturated/α-hetero) is 1. The van der Waals surface area contributed by atoms with Gasteiger partial charge in [0.2, 0.25) is 5.91 Å². The van der Waals surface area contributed by atoms with Gasteiger partial charge in [-0.25, -0.2) is 0 Å². The molecule has 0 bridgehead atoms. The number of esters is 1. The summed E-state index contributed by atoms with van der Waals surface area (Å²) in [5, 5.41) is 11.6. The molecule has 2 N–H and O–H groups in total. The Morgan fingerprint density at radius 3 is 2.31 bits per heavy atom. The number of fused-ring (bicyclic) bond motifs is 5. The van der Waals surface area contributed by atoms with E-state index in [2.05, 4.69) is 59.6 Å². The van der Waals surface area contributed by atoms with Gasteiger partial charge in [0.15, 0.2) is 11.6 Å². The Morgan fingerprint density at radius 1 is 1.06 bits per heavy atom. The van der Waals surface area contributed by atoms with Crippen molar-refractivity contribution < 1.29 is 33.6 Å². The number of hydrogen-bond donors (Lipinski definition) is 2. The number of rotatable bonds is 13. The number of aliphatic hydroxyl groups excluding tert-OH is 1. The highest BCUT2D eigenvalue weighted by atomic mass is 32.2. The predicted octanol–water partition coefficient (Wildman–Crippen LogP) is 6.55. The van der Waals surface area contributed by atoms with E-state index in [9.17, 15) is 24.3 Å². The summed E-state index contributed by atoms with van der Waals surface area (Å²) >= 11 is 0.728. The highest BCUT2D eigenvalue weighted by Gasteiger charge is 2.63. The van der Waals surface area contributed by atoms with Gasteiger partial charge in [-0.3, -0.25) is 19.2 Å². The minimum Gasteiger partial charge on any atom is -0.458 e. The second-order valence-corrected chi connectivity index (χ2v) is 14.3. The van der Waals surface area contributed by atoms with Gasteiger partial charge in [-0.1, -0.05) is 45.3 Å². The Kier molecular flexibility index (Phi) is 18.2. The summed E-state index contributed by atoms with van der Waals surface area (Å²) in [6.45, 7) is 12.8. The molecular weight excluding hydrogens is 626 g/mol.